The van der Waals surface area contributed by atoms with Crippen LogP contribution in [0.1, 0.15) is 46.5 Å². The van der Waals surface area contributed by atoms with Crippen LogP contribution in [-0.2, 0) is 4.79 Å². The first-order valence-electron chi connectivity index (χ1n) is 5.39. The van der Waals surface area contributed by atoms with Gasteiger partial charge in [0.1, 0.15) is 0 Å². The van der Waals surface area contributed by atoms with Crippen molar-refractivity contribution in [2.24, 2.45) is 0 Å². The van der Waals surface area contributed by atoms with Crippen LogP contribution in [0.25, 0.3) is 0 Å². The van der Waals surface area contributed by atoms with Gasteiger partial charge in [-0.2, -0.15) is 0 Å². The van der Waals surface area contributed by atoms with Crippen molar-refractivity contribution in [3.8, 4) is 11.8 Å². The molecular formula is C12H20ClNO. The van der Waals surface area contributed by atoms with E-state index in [1.165, 1.54) is 0 Å². The average Bonchev–Trinajstić information content (AvgIpc) is 2.12. The van der Waals surface area contributed by atoms with Gasteiger partial charge in [-0.15, -0.1) is 17.5 Å². The van der Waals surface area contributed by atoms with Gasteiger partial charge in [0.2, 0.25) is 5.91 Å². The summed E-state index contributed by atoms with van der Waals surface area (Å²) in [6, 6.07) is 0. The summed E-state index contributed by atoms with van der Waals surface area (Å²) in [5.41, 5.74) is -0.432. The second kappa shape index (κ2) is 7.59. The molecule has 0 unspecified atom stereocenters. The first-order chi connectivity index (χ1) is 7.02. The van der Waals surface area contributed by atoms with Crippen LogP contribution in [0.3, 0.4) is 0 Å². The zero-order chi connectivity index (χ0) is 11.7. The molecule has 15 heavy (non-hydrogen) atoms. The van der Waals surface area contributed by atoms with E-state index in [1.54, 1.807) is 0 Å². The summed E-state index contributed by atoms with van der Waals surface area (Å²) >= 11 is 5.54. The Balaban J connectivity index is 4.03. The minimum Gasteiger partial charge on any atom is -0.340 e. The normalized spacial score (nSPS) is 10.4. The SMILES string of the molecule is CCCC(=O)NC(C)(C)C#CCCCCl. The number of hydrogen-bond donors (Lipinski definition) is 1. The van der Waals surface area contributed by atoms with E-state index in [0.717, 1.165) is 19.3 Å². The maximum Gasteiger partial charge on any atom is 0.221 e. The van der Waals surface area contributed by atoms with Crippen molar-refractivity contribution in [3.63, 3.8) is 0 Å². The summed E-state index contributed by atoms with van der Waals surface area (Å²) in [6.07, 6.45) is 3.11. The number of rotatable bonds is 5. The molecule has 1 N–H and O–H groups in total. The Morgan fingerprint density at radius 1 is 1.47 bits per heavy atom. The Morgan fingerprint density at radius 2 is 2.13 bits per heavy atom. The number of carbonyl (C=O) groups excluding carboxylic acids is 1. The van der Waals surface area contributed by atoms with Crippen molar-refractivity contribution in [1.29, 1.82) is 0 Å². The molecule has 0 fully saturated rings. The van der Waals surface area contributed by atoms with E-state index < -0.39 is 5.54 Å². The fourth-order valence-electron chi connectivity index (χ4n) is 1.11. The van der Waals surface area contributed by atoms with Gasteiger partial charge in [0.05, 0.1) is 5.54 Å². The molecule has 0 saturated carbocycles. The average molecular weight is 230 g/mol. The molecule has 0 radical (unpaired) electrons. The van der Waals surface area contributed by atoms with Crippen molar-refractivity contribution in [1.82, 2.24) is 5.32 Å². The van der Waals surface area contributed by atoms with Crippen molar-refractivity contribution >= 4 is 17.5 Å². The number of unbranched alkanes of at least 4 members (excludes halogenated alkanes) is 1. The molecule has 0 rings (SSSR count). The molecule has 0 heterocycles. The van der Waals surface area contributed by atoms with E-state index in [9.17, 15) is 4.79 Å². The smallest absolute Gasteiger partial charge is 0.221 e. The molecule has 1 amide bonds. The van der Waals surface area contributed by atoms with Crippen LogP contribution in [0.5, 0.6) is 0 Å². The Labute approximate surface area is 97.8 Å². The van der Waals surface area contributed by atoms with Gasteiger partial charge in [-0.25, -0.2) is 0 Å². The number of carbonyl (C=O) groups is 1. The van der Waals surface area contributed by atoms with E-state index in [-0.39, 0.29) is 5.91 Å². The van der Waals surface area contributed by atoms with E-state index in [2.05, 4.69) is 17.2 Å². The fourth-order valence-corrected chi connectivity index (χ4v) is 1.24. The number of halogens is 1. The van der Waals surface area contributed by atoms with Gasteiger partial charge in [-0.3, -0.25) is 4.79 Å². The molecule has 0 aliphatic carbocycles. The number of nitrogens with one attached hydrogen (secondary N) is 1. The van der Waals surface area contributed by atoms with Crippen molar-refractivity contribution in [3.05, 3.63) is 0 Å². The predicted molar refractivity (Wildman–Crippen MR) is 64.9 cm³/mol. The van der Waals surface area contributed by atoms with E-state index in [1.807, 2.05) is 20.8 Å². The third kappa shape index (κ3) is 8.32. The third-order valence-corrected chi connectivity index (χ3v) is 2.03. The van der Waals surface area contributed by atoms with Gasteiger partial charge in [-0.05, 0) is 26.7 Å². The van der Waals surface area contributed by atoms with Crippen LogP contribution < -0.4 is 5.32 Å². The van der Waals surface area contributed by atoms with Crippen LogP contribution in [0.15, 0.2) is 0 Å². The summed E-state index contributed by atoms with van der Waals surface area (Å²) in [4.78, 5) is 11.3. The first-order valence-corrected chi connectivity index (χ1v) is 5.92. The molecular weight excluding hydrogens is 210 g/mol. The molecule has 86 valence electrons. The highest BCUT2D eigenvalue weighted by Crippen LogP contribution is 2.02. The molecule has 0 aliphatic rings. The largest absolute Gasteiger partial charge is 0.340 e. The molecule has 3 heteroatoms. The van der Waals surface area contributed by atoms with Gasteiger partial charge in [0, 0.05) is 18.7 Å². The van der Waals surface area contributed by atoms with Crippen LogP contribution in [0, 0.1) is 11.8 Å². The van der Waals surface area contributed by atoms with Crippen LogP contribution in [-0.4, -0.2) is 17.3 Å². The summed E-state index contributed by atoms with van der Waals surface area (Å²) in [6.45, 7) is 5.81. The molecule has 0 spiro atoms. The summed E-state index contributed by atoms with van der Waals surface area (Å²) in [7, 11) is 0. The quantitative estimate of drug-likeness (QED) is 0.439. The van der Waals surface area contributed by atoms with Crippen LogP contribution in [0.2, 0.25) is 0 Å². The molecule has 0 aromatic heterocycles. The lowest BCUT2D eigenvalue weighted by atomic mass is 10.1. The Morgan fingerprint density at radius 3 is 2.67 bits per heavy atom. The highest BCUT2D eigenvalue weighted by molar-refractivity contribution is 6.17. The van der Waals surface area contributed by atoms with E-state index >= 15 is 0 Å². The maximum atomic E-state index is 11.3. The Bertz CT molecular complexity index is 250. The fraction of sp³-hybridized carbons (Fsp3) is 0.750. The molecule has 0 atom stereocenters. The number of alkyl halides is 1. The van der Waals surface area contributed by atoms with E-state index in [4.69, 9.17) is 11.6 Å². The molecule has 0 saturated heterocycles. The topological polar surface area (TPSA) is 29.1 Å². The summed E-state index contributed by atoms with van der Waals surface area (Å²) < 4.78 is 0. The molecule has 0 bridgehead atoms. The monoisotopic (exact) mass is 229 g/mol. The van der Waals surface area contributed by atoms with Gasteiger partial charge >= 0.3 is 0 Å². The number of hydrogen-bond acceptors (Lipinski definition) is 1. The van der Waals surface area contributed by atoms with Crippen LogP contribution in [0.4, 0.5) is 0 Å². The van der Waals surface area contributed by atoms with Crippen molar-refractivity contribution in [2.75, 3.05) is 5.88 Å². The molecule has 0 aliphatic heterocycles. The summed E-state index contributed by atoms with van der Waals surface area (Å²) in [5.74, 6) is 6.77. The zero-order valence-electron chi connectivity index (χ0n) is 9.82. The summed E-state index contributed by atoms with van der Waals surface area (Å²) in [5, 5.41) is 2.89. The second-order valence-corrected chi connectivity index (χ2v) is 4.40. The highest BCUT2D eigenvalue weighted by Gasteiger charge is 2.16. The molecule has 0 aromatic rings. The van der Waals surface area contributed by atoms with Gasteiger partial charge in [0.25, 0.3) is 0 Å². The minimum atomic E-state index is -0.432. The maximum absolute atomic E-state index is 11.3. The number of amides is 1. The van der Waals surface area contributed by atoms with Gasteiger partial charge in [-0.1, -0.05) is 12.8 Å². The molecule has 0 aromatic carbocycles. The van der Waals surface area contributed by atoms with Gasteiger partial charge < -0.3 is 5.32 Å². The van der Waals surface area contributed by atoms with E-state index in [0.29, 0.717) is 12.3 Å². The van der Waals surface area contributed by atoms with Gasteiger partial charge in [0.15, 0.2) is 0 Å². The lowest BCUT2D eigenvalue weighted by molar-refractivity contribution is -0.122. The molecule has 2 nitrogen and oxygen atoms in total. The van der Waals surface area contributed by atoms with Crippen LogP contribution >= 0.6 is 11.6 Å². The first kappa shape index (κ1) is 14.3. The highest BCUT2D eigenvalue weighted by atomic mass is 35.5. The standard InChI is InChI=1S/C12H20ClNO/c1-4-8-11(15)14-12(2,3)9-6-5-7-10-13/h4-5,7-8,10H2,1-3H3,(H,14,15). The second-order valence-electron chi connectivity index (χ2n) is 4.02. The zero-order valence-corrected chi connectivity index (χ0v) is 10.6. The Kier molecular flexibility index (Phi) is 7.25. The third-order valence-electron chi connectivity index (χ3n) is 1.77. The lowest BCUT2D eigenvalue weighted by Crippen LogP contribution is -2.42. The van der Waals surface area contributed by atoms with Crippen molar-refractivity contribution < 1.29 is 4.79 Å². The predicted octanol–water partition coefficient (Wildman–Crippen LogP) is 2.70. The Hall–Kier alpha value is -0.680. The van der Waals surface area contributed by atoms with Crippen molar-refractivity contribution in [2.45, 2.75) is 52.0 Å². The lowest BCUT2D eigenvalue weighted by Gasteiger charge is -2.19. The minimum absolute atomic E-state index is 0.0640.